The molecule has 30 heavy (non-hydrogen) atoms. The number of rotatable bonds is 7. The standard InChI is InChI=1S/C18H20N2O4.C2H6O.2O.U/c1-23-15-7-3-5-13(17(15)21)11-19-9-10-20-12-14-6-4-8-16(24-2)18(14)22;1-2-3;;;/h3-8,11-12,21-22H,9-10H2,1-2H3;3H,2H2,1H3;;;/q;;2*-2;/p-2. The van der Waals surface area contributed by atoms with Gasteiger partial charge in [0, 0.05) is 50.1 Å². The van der Waals surface area contributed by atoms with Crippen molar-refractivity contribution in [3.63, 3.8) is 0 Å². The number of nitrogens with zero attached hydrogens (tertiary/aromatic N) is 2. The third kappa shape index (κ3) is 10.6. The molecule has 0 heterocycles. The molecule has 0 fully saturated rings. The molecule has 2 aromatic rings. The quantitative estimate of drug-likeness (QED) is 0.353. The second kappa shape index (κ2) is 18.9. The zero-order valence-corrected chi connectivity index (χ0v) is 21.2. The number of para-hydroxylation sites is 2. The van der Waals surface area contributed by atoms with Crippen LogP contribution in [0.4, 0.5) is 0 Å². The van der Waals surface area contributed by atoms with Crippen molar-refractivity contribution in [2.75, 3.05) is 33.9 Å². The van der Waals surface area contributed by atoms with E-state index in [1.54, 1.807) is 43.3 Å². The second-order valence-corrected chi connectivity index (χ2v) is 5.14. The van der Waals surface area contributed by atoms with E-state index >= 15 is 0 Å². The molecule has 10 heteroatoms. The minimum absolute atomic E-state index is 0. The predicted molar refractivity (Wildman–Crippen MR) is 104 cm³/mol. The van der Waals surface area contributed by atoms with Gasteiger partial charge in [0.2, 0.25) is 0 Å². The molecule has 1 N–H and O–H groups in total. The molecule has 0 aromatic heterocycles. The van der Waals surface area contributed by atoms with Gasteiger partial charge in [0.25, 0.3) is 0 Å². The summed E-state index contributed by atoms with van der Waals surface area (Å²) in [7, 11) is 2.91. The molecule has 0 radical (unpaired) electrons. The first kappa shape index (κ1) is 32.6. The van der Waals surface area contributed by atoms with E-state index in [-0.39, 0.29) is 71.7 Å². The van der Waals surface area contributed by atoms with Crippen molar-refractivity contribution in [3.05, 3.63) is 47.5 Å². The Labute approximate surface area is 200 Å². The van der Waals surface area contributed by atoms with E-state index < -0.39 is 0 Å². The average Bonchev–Trinajstić information content (AvgIpc) is 2.67. The van der Waals surface area contributed by atoms with Crippen LogP contribution in [0.15, 0.2) is 46.4 Å². The maximum Gasteiger partial charge on any atom is 0.111 e. The van der Waals surface area contributed by atoms with E-state index in [9.17, 15) is 10.2 Å². The Balaban J connectivity index is -0.00000114. The molecule has 0 saturated heterocycles. The monoisotopic (exact) mass is 642 g/mol. The Morgan fingerprint density at radius 1 is 0.833 bits per heavy atom. The molecule has 9 nitrogen and oxygen atoms in total. The normalized spacial score (nSPS) is 9.60. The summed E-state index contributed by atoms with van der Waals surface area (Å²) in [6.45, 7) is 2.75. The average molecular weight is 642 g/mol. The summed E-state index contributed by atoms with van der Waals surface area (Å²) in [5, 5.41) is 31.4. The number of aliphatic imine (C=N–C) groups is 2. The van der Waals surface area contributed by atoms with Crippen LogP contribution in [-0.4, -0.2) is 51.5 Å². The first-order chi connectivity index (χ1) is 13.1. The van der Waals surface area contributed by atoms with Crippen LogP contribution < -0.4 is 19.7 Å². The van der Waals surface area contributed by atoms with E-state index in [1.165, 1.54) is 26.6 Å². The van der Waals surface area contributed by atoms with Crippen molar-refractivity contribution in [2.24, 2.45) is 9.98 Å². The Hall–Kier alpha value is -2.09. The number of aliphatic hydroxyl groups is 1. The SMILES string of the molecule is CCO.COc1cccc(C=NCCN=Cc2cccc(OC)c2[O-])c1[O-].[O-2].[O-2].[U]. The topological polar surface area (TPSA) is 167 Å². The van der Waals surface area contributed by atoms with E-state index in [0.717, 1.165) is 0 Å². The van der Waals surface area contributed by atoms with Crippen molar-refractivity contribution < 1.29 is 66.9 Å². The molecule has 166 valence electrons. The number of hydrogen-bond acceptors (Lipinski definition) is 7. The number of hydrogen-bond donors (Lipinski definition) is 1. The van der Waals surface area contributed by atoms with Gasteiger partial charge in [-0.05, 0) is 30.2 Å². The molecular weight excluding hydrogens is 618 g/mol. The smallest absolute Gasteiger partial charge is 0.111 e. The molecule has 0 atom stereocenters. The number of benzene rings is 2. The molecule has 2 rings (SSSR count). The van der Waals surface area contributed by atoms with E-state index in [1.807, 2.05) is 0 Å². The molecule has 2 aromatic carbocycles. The summed E-state index contributed by atoms with van der Waals surface area (Å²) in [5.74, 6) is 0.190. The zero-order chi connectivity index (χ0) is 20.1. The van der Waals surface area contributed by atoms with Crippen LogP contribution in [0.25, 0.3) is 0 Å². The summed E-state index contributed by atoms with van der Waals surface area (Å²) in [4.78, 5) is 8.34. The van der Waals surface area contributed by atoms with Crippen molar-refractivity contribution in [2.45, 2.75) is 6.92 Å². The van der Waals surface area contributed by atoms with Crippen LogP contribution in [0.2, 0.25) is 0 Å². The van der Waals surface area contributed by atoms with Crippen LogP contribution in [0.3, 0.4) is 0 Å². The fraction of sp³-hybridized carbons (Fsp3) is 0.300. The Bertz CT molecular complexity index is 707. The summed E-state index contributed by atoms with van der Waals surface area (Å²) in [6.07, 6.45) is 3.01. The van der Waals surface area contributed by atoms with Gasteiger partial charge in [0.15, 0.2) is 0 Å². The first-order valence-corrected chi connectivity index (χ1v) is 8.37. The fourth-order valence-corrected chi connectivity index (χ4v) is 2.03. The summed E-state index contributed by atoms with van der Waals surface area (Å²) < 4.78 is 9.94. The van der Waals surface area contributed by atoms with Crippen LogP contribution >= 0.6 is 0 Å². The van der Waals surface area contributed by atoms with Crippen LogP contribution in [0.5, 0.6) is 23.0 Å². The van der Waals surface area contributed by atoms with Crippen molar-refractivity contribution in [1.82, 2.24) is 0 Å². The van der Waals surface area contributed by atoms with Gasteiger partial charge in [-0.2, -0.15) is 0 Å². The Morgan fingerprint density at radius 2 is 1.17 bits per heavy atom. The molecule has 0 bridgehead atoms. The van der Waals surface area contributed by atoms with Crippen LogP contribution in [-0.2, 0) is 11.0 Å². The number of ether oxygens (including phenoxy) is 2. The molecule has 0 saturated carbocycles. The zero-order valence-electron chi connectivity index (χ0n) is 17.0. The first-order valence-electron chi connectivity index (χ1n) is 8.37. The molecule has 0 amide bonds. The minimum Gasteiger partial charge on any atom is -2.00 e. The van der Waals surface area contributed by atoms with Crippen LogP contribution in [0.1, 0.15) is 18.1 Å². The van der Waals surface area contributed by atoms with E-state index in [0.29, 0.717) is 24.2 Å². The van der Waals surface area contributed by atoms with Gasteiger partial charge in [-0.3, -0.25) is 9.98 Å². The third-order valence-corrected chi connectivity index (χ3v) is 3.28. The Kier molecular flexibility index (Phi) is 20.5. The molecule has 0 spiro atoms. The minimum atomic E-state index is -0.195. The van der Waals surface area contributed by atoms with Gasteiger partial charge in [0.05, 0.1) is 27.3 Å². The Morgan fingerprint density at radius 3 is 1.47 bits per heavy atom. The van der Waals surface area contributed by atoms with Gasteiger partial charge in [-0.15, -0.1) is 0 Å². The van der Waals surface area contributed by atoms with E-state index in [4.69, 9.17) is 14.6 Å². The van der Waals surface area contributed by atoms with Gasteiger partial charge in [0.1, 0.15) is 11.5 Å². The molecule has 0 unspecified atom stereocenters. The maximum absolute atomic E-state index is 11.9. The number of aliphatic hydroxyl groups excluding tert-OH is 1. The van der Waals surface area contributed by atoms with Crippen molar-refractivity contribution >= 4 is 12.4 Å². The summed E-state index contributed by atoms with van der Waals surface area (Å²) in [5.41, 5.74) is 0.931. The molecule has 0 aliphatic heterocycles. The van der Waals surface area contributed by atoms with E-state index in [2.05, 4.69) is 9.98 Å². The van der Waals surface area contributed by atoms with Crippen LogP contribution in [0, 0.1) is 31.1 Å². The summed E-state index contributed by atoms with van der Waals surface area (Å²) >= 11 is 0. The number of methoxy groups -OCH3 is 2. The largest absolute Gasteiger partial charge is 2.00 e. The maximum atomic E-state index is 11.9. The van der Waals surface area contributed by atoms with Gasteiger partial charge in [-0.25, -0.2) is 0 Å². The van der Waals surface area contributed by atoms with Gasteiger partial charge in [-0.1, -0.05) is 35.8 Å². The fourth-order valence-electron chi connectivity index (χ4n) is 2.03. The van der Waals surface area contributed by atoms with Gasteiger partial charge < -0.3 is 35.7 Å². The van der Waals surface area contributed by atoms with Crippen molar-refractivity contribution in [3.8, 4) is 23.0 Å². The molecular formula is C20H24N2O7U-6. The third-order valence-electron chi connectivity index (χ3n) is 3.28. The summed E-state index contributed by atoms with van der Waals surface area (Å²) in [6, 6.07) is 10.0. The predicted octanol–water partition coefficient (Wildman–Crippen LogP) is 1.15. The molecule has 0 aliphatic rings. The van der Waals surface area contributed by atoms with Gasteiger partial charge >= 0.3 is 0 Å². The molecule has 0 aliphatic carbocycles. The second-order valence-electron chi connectivity index (χ2n) is 5.14. The van der Waals surface area contributed by atoms with Crippen molar-refractivity contribution in [1.29, 1.82) is 0 Å².